The quantitative estimate of drug-likeness (QED) is 0.856. The van der Waals surface area contributed by atoms with Crippen molar-refractivity contribution in [3.8, 4) is 11.8 Å². The number of aryl methyl sites for hydroxylation is 1. The molecule has 0 bridgehead atoms. The van der Waals surface area contributed by atoms with E-state index >= 15 is 0 Å². The molecule has 0 amide bonds. The Morgan fingerprint density at radius 1 is 1.33 bits per heavy atom. The van der Waals surface area contributed by atoms with E-state index in [4.69, 9.17) is 0 Å². The van der Waals surface area contributed by atoms with Gasteiger partial charge in [-0.1, -0.05) is 12.1 Å². The summed E-state index contributed by atoms with van der Waals surface area (Å²) in [6, 6.07) is 8.84. The van der Waals surface area contributed by atoms with Crippen LogP contribution < -0.4 is 16.1 Å². The molecule has 2 N–H and O–H groups in total. The minimum absolute atomic E-state index is 0.00587. The summed E-state index contributed by atoms with van der Waals surface area (Å²) in [5.41, 5.74) is -0.150. The van der Waals surface area contributed by atoms with Crippen LogP contribution in [0.25, 0.3) is 0 Å². The largest absolute Gasteiger partial charge is 0.508 e. The predicted octanol–water partition coefficient (Wildman–Crippen LogP) is 1.11. The zero-order chi connectivity index (χ0) is 17.9. The Bertz CT molecular complexity index is 875. The second-order valence-corrected chi connectivity index (χ2v) is 5.79. The van der Waals surface area contributed by atoms with Crippen LogP contribution in [0.1, 0.15) is 24.5 Å². The molecule has 2 rings (SSSR count). The number of phenols is 1. The van der Waals surface area contributed by atoms with Crippen molar-refractivity contribution >= 4 is 5.82 Å². The number of benzene rings is 1. The molecule has 1 aromatic heterocycles. The van der Waals surface area contributed by atoms with Crippen molar-refractivity contribution in [1.29, 1.82) is 5.26 Å². The molecule has 2 aromatic rings. The van der Waals surface area contributed by atoms with Gasteiger partial charge in [-0.3, -0.25) is 14.3 Å². The minimum atomic E-state index is -0.603. The van der Waals surface area contributed by atoms with E-state index in [-0.39, 0.29) is 23.2 Å². The molecule has 0 aliphatic carbocycles. The van der Waals surface area contributed by atoms with Crippen LogP contribution in [0.15, 0.2) is 33.9 Å². The second kappa shape index (κ2) is 7.04. The molecule has 0 fully saturated rings. The lowest BCUT2D eigenvalue weighted by Gasteiger charge is -2.27. The van der Waals surface area contributed by atoms with Gasteiger partial charge < -0.3 is 10.0 Å². The van der Waals surface area contributed by atoms with Gasteiger partial charge in [0.05, 0.1) is 0 Å². The Kier molecular flexibility index (Phi) is 5.09. The van der Waals surface area contributed by atoms with Crippen molar-refractivity contribution in [3.63, 3.8) is 0 Å². The first-order valence-corrected chi connectivity index (χ1v) is 7.59. The number of hydrogen-bond acceptors (Lipinski definition) is 5. The first kappa shape index (κ1) is 17.3. The van der Waals surface area contributed by atoms with E-state index in [0.717, 1.165) is 23.0 Å². The number of aromatic hydroxyl groups is 1. The fourth-order valence-corrected chi connectivity index (χ4v) is 2.43. The summed E-state index contributed by atoms with van der Waals surface area (Å²) in [6.07, 6.45) is 1.52. The van der Waals surface area contributed by atoms with Crippen molar-refractivity contribution in [1.82, 2.24) is 9.55 Å². The fourth-order valence-electron chi connectivity index (χ4n) is 2.43. The number of anilines is 1. The number of aromatic nitrogens is 2. The third-order valence-electron chi connectivity index (χ3n) is 4.20. The number of aromatic amines is 1. The van der Waals surface area contributed by atoms with Crippen LogP contribution >= 0.6 is 0 Å². The summed E-state index contributed by atoms with van der Waals surface area (Å²) in [4.78, 5) is 28.2. The Morgan fingerprint density at radius 2 is 1.96 bits per heavy atom. The molecular weight excluding hydrogens is 308 g/mol. The topological polar surface area (TPSA) is 102 Å². The van der Waals surface area contributed by atoms with Gasteiger partial charge in [0.1, 0.15) is 17.6 Å². The highest BCUT2D eigenvalue weighted by molar-refractivity contribution is 5.52. The molecule has 7 heteroatoms. The van der Waals surface area contributed by atoms with Gasteiger partial charge in [0.2, 0.25) is 0 Å². The van der Waals surface area contributed by atoms with E-state index in [1.165, 1.54) is 7.05 Å². The number of phenolic OH excluding ortho intramolecular Hbond substituents is 1. The number of hydrogen-bond donors (Lipinski definition) is 2. The van der Waals surface area contributed by atoms with E-state index in [2.05, 4.69) is 4.98 Å². The lowest BCUT2D eigenvalue weighted by molar-refractivity contribution is 0.475. The summed E-state index contributed by atoms with van der Waals surface area (Å²) in [5.74, 6) is 0.462. The van der Waals surface area contributed by atoms with E-state index in [0.29, 0.717) is 0 Å². The predicted molar refractivity (Wildman–Crippen MR) is 91.3 cm³/mol. The van der Waals surface area contributed by atoms with E-state index in [1.807, 2.05) is 25.1 Å². The molecule has 0 aliphatic rings. The standard InChI is InChI=1S/C17H20N4O3/c1-11(4-5-12-6-8-13(22)9-7-12)20(2)15-14(10-18)16(23)21(3)17(24)19-15/h6-9,11,22H,4-5H2,1-3H3,(H,19,24). The Morgan fingerprint density at radius 3 is 2.54 bits per heavy atom. The van der Waals surface area contributed by atoms with Gasteiger partial charge in [0.25, 0.3) is 5.56 Å². The molecule has 0 radical (unpaired) electrons. The first-order chi connectivity index (χ1) is 11.3. The monoisotopic (exact) mass is 328 g/mol. The van der Waals surface area contributed by atoms with Crippen LogP contribution in [0.5, 0.6) is 5.75 Å². The van der Waals surface area contributed by atoms with Gasteiger partial charge in [0, 0.05) is 20.1 Å². The van der Waals surface area contributed by atoms with Gasteiger partial charge in [0.15, 0.2) is 5.56 Å². The minimum Gasteiger partial charge on any atom is -0.508 e. The second-order valence-electron chi connectivity index (χ2n) is 5.79. The zero-order valence-electron chi connectivity index (χ0n) is 13.9. The Hall–Kier alpha value is -3.01. The molecule has 126 valence electrons. The van der Waals surface area contributed by atoms with Crippen LogP contribution in [-0.2, 0) is 13.5 Å². The number of H-pyrrole nitrogens is 1. The van der Waals surface area contributed by atoms with Crippen LogP contribution in [0.3, 0.4) is 0 Å². The third-order valence-corrected chi connectivity index (χ3v) is 4.20. The van der Waals surface area contributed by atoms with Gasteiger partial charge in [-0.25, -0.2) is 4.79 Å². The highest BCUT2D eigenvalue weighted by Gasteiger charge is 2.19. The fraction of sp³-hybridized carbons (Fsp3) is 0.353. The first-order valence-electron chi connectivity index (χ1n) is 7.59. The Labute approximate surface area is 139 Å². The maximum absolute atomic E-state index is 12.0. The third kappa shape index (κ3) is 3.49. The van der Waals surface area contributed by atoms with Crippen molar-refractivity contribution in [2.45, 2.75) is 25.8 Å². The average Bonchev–Trinajstić information content (AvgIpc) is 2.58. The van der Waals surface area contributed by atoms with Gasteiger partial charge in [-0.15, -0.1) is 0 Å². The lowest BCUT2D eigenvalue weighted by atomic mass is 10.1. The maximum Gasteiger partial charge on any atom is 0.329 e. The van der Waals surface area contributed by atoms with E-state index in [9.17, 15) is 20.0 Å². The summed E-state index contributed by atoms with van der Waals surface area (Å²) in [6.45, 7) is 1.96. The van der Waals surface area contributed by atoms with Crippen molar-refractivity contribution < 1.29 is 5.11 Å². The van der Waals surface area contributed by atoms with Crippen LogP contribution in [0, 0.1) is 11.3 Å². The summed E-state index contributed by atoms with van der Waals surface area (Å²) in [7, 11) is 3.08. The molecule has 0 saturated carbocycles. The summed E-state index contributed by atoms with van der Waals surface area (Å²) >= 11 is 0. The molecule has 0 saturated heterocycles. The zero-order valence-corrected chi connectivity index (χ0v) is 13.9. The smallest absolute Gasteiger partial charge is 0.329 e. The van der Waals surface area contributed by atoms with Gasteiger partial charge in [-0.2, -0.15) is 5.26 Å². The van der Waals surface area contributed by atoms with Gasteiger partial charge >= 0.3 is 5.69 Å². The van der Waals surface area contributed by atoms with Crippen LogP contribution in [-0.4, -0.2) is 27.7 Å². The van der Waals surface area contributed by atoms with Crippen molar-refractivity contribution in [2.75, 3.05) is 11.9 Å². The molecule has 24 heavy (non-hydrogen) atoms. The Balaban J connectivity index is 2.20. The number of nitriles is 1. The normalized spacial score (nSPS) is 11.8. The van der Waals surface area contributed by atoms with E-state index < -0.39 is 11.2 Å². The van der Waals surface area contributed by atoms with Crippen molar-refractivity contribution in [2.24, 2.45) is 7.05 Å². The van der Waals surface area contributed by atoms with Crippen LogP contribution in [0.2, 0.25) is 0 Å². The number of nitrogens with one attached hydrogen (secondary N) is 1. The number of nitrogens with zero attached hydrogens (tertiary/aromatic N) is 3. The molecule has 1 heterocycles. The highest BCUT2D eigenvalue weighted by atomic mass is 16.3. The molecule has 1 unspecified atom stereocenters. The summed E-state index contributed by atoms with van der Waals surface area (Å²) in [5, 5.41) is 18.5. The lowest BCUT2D eigenvalue weighted by Crippen LogP contribution is -2.40. The average molecular weight is 328 g/mol. The summed E-state index contributed by atoms with van der Waals surface area (Å²) < 4.78 is 0.886. The molecule has 0 spiro atoms. The molecule has 7 nitrogen and oxygen atoms in total. The van der Waals surface area contributed by atoms with E-state index in [1.54, 1.807) is 24.1 Å². The SMILES string of the molecule is CC(CCc1ccc(O)cc1)N(C)c1[nH]c(=O)n(C)c(=O)c1C#N. The number of rotatable bonds is 5. The van der Waals surface area contributed by atoms with Gasteiger partial charge in [-0.05, 0) is 37.5 Å². The van der Waals surface area contributed by atoms with Crippen molar-refractivity contribution in [3.05, 3.63) is 56.2 Å². The molecular formula is C17H20N4O3. The van der Waals surface area contributed by atoms with Crippen LogP contribution in [0.4, 0.5) is 5.82 Å². The molecule has 1 atom stereocenters. The highest BCUT2D eigenvalue weighted by Crippen LogP contribution is 2.17. The maximum atomic E-state index is 12.0. The molecule has 0 aliphatic heterocycles. The molecule has 1 aromatic carbocycles.